The number of hydrogen-bond acceptors (Lipinski definition) is 16. The second-order valence-electron chi connectivity index (χ2n) is 21.1. The first-order valence-electron chi connectivity index (χ1n) is 24.1. The van der Waals surface area contributed by atoms with Gasteiger partial charge < -0.3 is 61.1 Å². The van der Waals surface area contributed by atoms with E-state index in [0.29, 0.717) is 19.4 Å². The number of carbonyl (C=O) groups is 9. The number of nitrogens with one attached hydrogen (secondary N) is 5. The Labute approximate surface area is 418 Å². The van der Waals surface area contributed by atoms with Gasteiger partial charge in [-0.3, -0.25) is 33.6 Å². The molecule has 1 aromatic carbocycles. The minimum Gasteiger partial charge on any atom is -0.460 e. The second-order valence-corrected chi connectivity index (χ2v) is 21.1. The Balaban J connectivity index is 3.31. The Morgan fingerprint density at radius 1 is 0.521 bits per heavy atom. The van der Waals surface area contributed by atoms with Crippen LogP contribution in [0.5, 0.6) is 0 Å². The first-order chi connectivity index (χ1) is 32.8. The Morgan fingerprint density at radius 2 is 1.00 bits per heavy atom. The van der Waals surface area contributed by atoms with Gasteiger partial charge >= 0.3 is 23.9 Å². The van der Waals surface area contributed by atoms with Crippen LogP contribution in [0.1, 0.15) is 159 Å². The molecule has 5 atom stereocenters. The first kappa shape index (κ1) is 63.3. The Bertz CT molecular complexity index is 1900. The molecule has 0 fully saturated rings. The van der Waals surface area contributed by atoms with E-state index in [9.17, 15) is 48.3 Å². The van der Waals surface area contributed by atoms with Crippen LogP contribution in [0.2, 0.25) is 0 Å². The molecular formula is C50H82N6O15. The van der Waals surface area contributed by atoms with Crippen molar-refractivity contribution in [2.75, 3.05) is 13.1 Å². The molecule has 71 heavy (non-hydrogen) atoms. The maximum atomic E-state index is 14.1. The topological polar surface area (TPSA) is 306 Å². The average molecular weight is 1010 g/mol. The molecule has 21 nitrogen and oxygen atoms in total. The lowest BCUT2D eigenvalue weighted by Crippen LogP contribution is -2.53. The van der Waals surface area contributed by atoms with Gasteiger partial charge in [-0.05, 0) is 134 Å². The number of amides is 5. The molecule has 0 bridgehead atoms. The van der Waals surface area contributed by atoms with E-state index in [-0.39, 0.29) is 38.7 Å². The number of carbonyl (C=O) groups excluding carboxylic acids is 9. The van der Waals surface area contributed by atoms with E-state index in [4.69, 9.17) is 29.4 Å². The van der Waals surface area contributed by atoms with Crippen LogP contribution < -0.4 is 32.3 Å². The highest BCUT2D eigenvalue weighted by molar-refractivity contribution is 5.94. The lowest BCUT2D eigenvalue weighted by Gasteiger charge is -2.27. The van der Waals surface area contributed by atoms with Crippen molar-refractivity contribution in [3.8, 4) is 0 Å². The Kier molecular flexibility index (Phi) is 27.0. The minimum atomic E-state index is -1.53. The third kappa shape index (κ3) is 31.3. The summed E-state index contributed by atoms with van der Waals surface area (Å²) in [6.07, 6.45) is -2.66. The highest BCUT2D eigenvalue weighted by atomic mass is 16.6. The number of esters is 4. The van der Waals surface area contributed by atoms with Gasteiger partial charge in [0.05, 0.1) is 5.60 Å². The van der Waals surface area contributed by atoms with Crippen LogP contribution in [0.25, 0.3) is 0 Å². The molecule has 0 saturated carbocycles. The van der Waals surface area contributed by atoms with Gasteiger partial charge in [0.25, 0.3) is 0 Å². The maximum Gasteiger partial charge on any atom is 0.329 e. The van der Waals surface area contributed by atoms with E-state index in [0.717, 1.165) is 5.56 Å². The molecule has 0 spiro atoms. The number of aliphatic hydroxyl groups excluding tert-OH is 1. The van der Waals surface area contributed by atoms with E-state index < -0.39 is 139 Å². The molecule has 5 amide bonds. The summed E-state index contributed by atoms with van der Waals surface area (Å²) in [4.78, 5) is 119. The molecule has 5 unspecified atom stereocenters. The maximum absolute atomic E-state index is 14.1. The van der Waals surface area contributed by atoms with Crippen molar-refractivity contribution in [1.82, 2.24) is 26.6 Å². The van der Waals surface area contributed by atoms with Crippen molar-refractivity contribution in [2.24, 2.45) is 5.73 Å². The van der Waals surface area contributed by atoms with Crippen molar-refractivity contribution in [2.45, 2.75) is 213 Å². The summed E-state index contributed by atoms with van der Waals surface area (Å²) in [6, 6.07) is 3.64. The molecule has 0 saturated heterocycles. The van der Waals surface area contributed by atoms with Crippen LogP contribution in [-0.2, 0) is 73.4 Å². The molecule has 0 aliphatic carbocycles. The summed E-state index contributed by atoms with van der Waals surface area (Å²) in [5.74, 6) is -6.92. The zero-order chi connectivity index (χ0) is 54.2. The van der Waals surface area contributed by atoms with Gasteiger partial charge in [-0.15, -0.1) is 0 Å². The number of unbranched alkanes of at least 4 members (excludes halogenated alkanes) is 1. The fourth-order valence-electron chi connectivity index (χ4n) is 6.35. The molecular weight excluding hydrogens is 925 g/mol. The van der Waals surface area contributed by atoms with Gasteiger partial charge in [0.2, 0.25) is 29.5 Å². The van der Waals surface area contributed by atoms with Crippen molar-refractivity contribution in [3.05, 3.63) is 35.9 Å². The van der Waals surface area contributed by atoms with Gasteiger partial charge in [0.1, 0.15) is 54.1 Å². The summed E-state index contributed by atoms with van der Waals surface area (Å²) >= 11 is 0. The summed E-state index contributed by atoms with van der Waals surface area (Å²) in [5.41, 5.74) is 2.90. The van der Waals surface area contributed by atoms with Gasteiger partial charge in [-0.1, -0.05) is 30.3 Å². The molecule has 402 valence electrons. The van der Waals surface area contributed by atoms with Crippen molar-refractivity contribution < 1.29 is 71.9 Å². The molecule has 1 rings (SSSR count). The molecule has 0 aliphatic rings. The summed E-state index contributed by atoms with van der Waals surface area (Å²) < 4.78 is 27.2. The zero-order valence-corrected chi connectivity index (χ0v) is 43.9. The molecule has 1 aromatic rings. The summed E-state index contributed by atoms with van der Waals surface area (Å²) in [6.45, 7) is 19.8. The third-order valence-electron chi connectivity index (χ3n) is 9.42. The largest absolute Gasteiger partial charge is 0.460 e. The minimum absolute atomic E-state index is 0.00302. The van der Waals surface area contributed by atoms with Gasteiger partial charge in [-0.25, -0.2) is 9.59 Å². The van der Waals surface area contributed by atoms with E-state index in [2.05, 4.69) is 26.6 Å². The van der Waals surface area contributed by atoms with Crippen LogP contribution in [0.4, 0.5) is 0 Å². The molecule has 21 heteroatoms. The zero-order valence-electron chi connectivity index (χ0n) is 43.9. The lowest BCUT2D eigenvalue weighted by atomic mass is 10.1. The second kappa shape index (κ2) is 30.3. The number of aliphatic hydroxyl groups is 1. The fraction of sp³-hybridized carbons (Fsp3) is 0.700. The number of nitrogens with two attached hydrogens (primary N) is 1. The van der Waals surface area contributed by atoms with Gasteiger partial charge in [0.15, 0.2) is 6.29 Å². The molecule has 0 aromatic heterocycles. The average Bonchev–Trinajstić information content (AvgIpc) is 3.23. The highest BCUT2D eigenvalue weighted by Gasteiger charge is 2.33. The number of ether oxygens (including phenoxy) is 5. The highest BCUT2D eigenvalue weighted by Crippen LogP contribution is 2.18. The van der Waals surface area contributed by atoms with Crippen LogP contribution in [0, 0.1) is 0 Å². The first-order valence-corrected chi connectivity index (χ1v) is 24.1. The molecule has 0 radical (unpaired) electrons. The van der Waals surface area contributed by atoms with Crippen LogP contribution in [0.3, 0.4) is 0 Å². The van der Waals surface area contributed by atoms with Gasteiger partial charge in [0, 0.05) is 32.1 Å². The van der Waals surface area contributed by atoms with E-state index in [1.807, 2.05) is 6.07 Å². The van der Waals surface area contributed by atoms with Crippen molar-refractivity contribution in [1.29, 1.82) is 0 Å². The fourth-order valence-corrected chi connectivity index (χ4v) is 6.35. The monoisotopic (exact) mass is 1010 g/mol. The SMILES string of the molecule is CC(C)(C)OC(=O)CCC(NC(=O)C(CCC(=O)NC(CCC(O)OC(C)(C)C)C(=O)OC(C)(C)C)NC(=O)CCC(=O)NC(CCCCN)C(=O)NCC(=O)OCc1ccccc1)C(=O)OC(C)(C)C. The van der Waals surface area contributed by atoms with Crippen LogP contribution in [-0.4, -0.2) is 124 Å². The molecule has 0 aliphatic heterocycles. The normalized spacial score (nSPS) is 14.0. The lowest BCUT2D eigenvalue weighted by molar-refractivity contribution is -0.172. The van der Waals surface area contributed by atoms with Gasteiger partial charge in [-0.2, -0.15) is 0 Å². The van der Waals surface area contributed by atoms with Crippen LogP contribution in [0.15, 0.2) is 30.3 Å². The van der Waals surface area contributed by atoms with Crippen molar-refractivity contribution >= 4 is 53.4 Å². The third-order valence-corrected chi connectivity index (χ3v) is 9.42. The molecule has 8 N–H and O–H groups in total. The smallest absolute Gasteiger partial charge is 0.329 e. The quantitative estimate of drug-likeness (QED) is 0.0262. The van der Waals surface area contributed by atoms with Crippen molar-refractivity contribution in [3.63, 3.8) is 0 Å². The summed E-state index contributed by atoms with van der Waals surface area (Å²) in [7, 11) is 0. The Hall–Kier alpha value is -5.67. The summed E-state index contributed by atoms with van der Waals surface area (Å²) in [5, 5.41) is 23.2. The number of benzene rings is 1. The number of rotatable bonds is 29. The number of hydrogen-bond donors (Lipinski definition) is 7. The Morgan fingerprint density at radius 3 is 1.51 bits per heavy atom. The van der Waals surface area contributed by atoms with E-state index in [1.165, 1.54) is 0 Å². The predicted molar refractivity (Wildman–Crippen MR) is 261 cm³/mol. The van der Waals surface area contributed by atoms with Crippen LogP contribution >= 0.6 is 0 Å². The predicted octanol–water partition coefficient (Wildman–Crippen LogP) is 3.19. The molecule has 0 heterocycles. The van der Waals surface area contributed by atoms with E-state index >= 15 is 0 Å². The standard InChI is InChI=1S/C50H82N6O15/c1-47(2,3)68-40(60)27-22-35(45(65)70-49(7,8)9)55-37(57)24-21-34(44(64)56-36(46(66)71-50(10,11)12)23-28-41(61)69-48(4,5)6)54-39(59)26-25-38(58)53-33(20-16-17-29-51)43(63)52-30-42(62)67-31-32-18-14-13-15-19-32/h13-15,18-19,33-36,40,60H,16-17,20-31,51H2,1-12H3,(H,52,63)(H,53,58)(H,54,59)(H,55,57)(H,56,64). The van der Waals surface area contributed by atoms with E-state index in [1.54, 1.807) is 107 Å².